The van der Waals surface area contributed by atoms with Crippen molar-refractivity contribution < 1.29 is 28.6 Å². The normalized spacial score (nSPS) is 16.7. The molecule has 3 N–H and O–H groups in total. The SMILES string of the molecule is CCCCC(CC)COC(=O)NN1CN(NC(=O)OC)CN(NC(=O)OC)C1. The molecule has 0 aromatic rings. The maximum atomic E-state index is 12.1. The first-order valence-corrected chi connectivity index (χ1v) is 9.29. The number of nitrogens with one attached hydrogen (secondary N) is 3. The number of hydrogen-bond acceptors (Lipinski definition) is 9. The second kappa shape index (κ2) is 13.0. The van der Waals surface area contributed by atoms with E-state index in [4.69, 9.17) is 4.74 Å². The summed E-state index contributed by atoms with van der Waals surface area (Å²) in [5.41, 5.74) is 7.56. The lowest BCUT2D eigenvalue weighted by Gasteiger charge is -2.40. The summed E-state index contributed by atoms with van der Waals surface area (Å²) in [4.78, 5) is 35.0. The number of hydrazine groups is 3. The molecular weight excluding hydrogens is 372 g/mol. The summed E-state index contributed by atoms with van der Waals surface area (Å²) in [6.07, 6.45) is 2.18. The fraction of sp³-hybridized carbons (Fsp3) is 0.812. The standard InChI is InChI=1S/C16H32N6O6/c1-5-7-8-13(6-2)9-28-16(25)19-22-11-20(17-14(23)26-3)10-21(12-22)18-15(24)27-4/h13H,5-12H2,1-4H3,(H,17,23)(H,18,24)(H,19,25). The Labute approximate surface area is 165 Å². The first-order chi connectivity index (χ1) is 13.4. The minimum absolute atomic E-state index is 0.145. The summed E-state index contributed by atoms with van der Waals surface area (Å²) in [7, 11) is 2.47. The predicted molar refractivity (Wildman–Crippen MR) is 99.0 cm³/mol. The minimum Gasteiger partial charge on any atom is -0.452 e. The molecule has 3 amide bonds. The van der Waals surface area contributed by atoms with Crippen LogP contribution in [0, 0.1) is 5.92 Å². The molecule has 1 fully saturated rings. The molecule has 0 aliphatic carbocycles. The highest BCUT2D eigenvalue weighted by molar-refractivity contribution is 5.67. The highest BCUT2D eigenvalue weighted by atomic mass is 16.6. The van der Waals surface area contributed by atoms with Crippen LogP contribution in [0.1, 0.15) is 39.5 Å². The molecule has 0 aromatic heterocycles. The van der Waals surface area contributed by atoms with Gasteiger partial charge in [-0.2, -0.15) is 15.0 Å². The van der Waals surface area contributed by atoms with E-state index in [2.05, 4.69) is 39.6 Å². The van der Waals surface area contributed by atoms with E-state index >= 15 is 0 Å². The molecule has 0 aromatic carbocycles. The van der Waals surface area contributed by atoms with E-state index in [0.717, 1.165) is 25.7 Å². The van der Waals surface area contributed by atoms with Gasteiger partial charge in [-0.05, 0) is 12.3 Å². The molecular formula is C16H32N6O6. The fourth-order valence-corrected chi connectivity index (χ4v) is 2.57. The van der Waals surface area contributed by atoms with Gasteiger partial charge in [0.1, 0.15) is 0 Å². The number of hydrogen-bond donors (Lipinski definition) is 3. The maximum Gasteiger partial charge on any atom is 0.421 e. The van der Waals surface area contributed by atoms with Crippen molar-refractivity contribution in [3.05, 3.63) is 0 Å². The summed E-state index contributed by atoms with van der Waals surface area (Å²) in [6.45, 7) is 4.97. The highest BCUT2D eigenvalue weighted by Gasteiger charge is 2.27. The second-order valence-corrected chi connectivity index (χ2v) is 6.38. The average Bonchev–Trinajstić information content (AvgIpc) is 2.67. The zero-order valence-electron chi connectivity index (χ0n) is 17.0. The number of ether oxygens (including phenoxy) is 3. The Bertz CT molecular complexity index is 482. The molecule has 28 heavy (non-hydrogen) atoms. The number of nitrogens with zero attached hydrogens (tertiary/aromatic N) is 3. The average molecular weight is 404 g/mol. The molecule has 0 saturated carbocycles. The fourth-order valence-electron chi connectivity index (χ4n) is 2.57. The lowest BCUT2D eigenvalue weighted by Crippen LogP contribution is -2.66. The van der Waals surface area contributed by atoms with E-state index in [-0.39, 0.29) is 20.0 Å². The number of methoxy groups -OCH3 is 2. The summed E-state index contributed by atoms with van der Waals surface area (Å²) in [6, 6.07) is 0. The van der Waals surface area contributed by atoms with Gasteiger partial charge < -0.3 is 14.2 Å². The van der Waals surface area contributed by atoms with Gasteiger partial charge in [0, 0.05) is 0 Å². The number of carbonyl (C=O) groups is 3. The molecule has 0 spiro atoms. The Morgan fingerprint density at radius 1 is 0.857 bits per heavy atom. The Morgan fingerprint density at radius 3 is 1.71 bits per heavy atom. The molecule has 1 rings (SSSR count). The molecule has 1 atom stereocenters. The van der Waals surface area contributed by atoms with Gasteiger partial charge >= 0.3 is 18.3 Å². The predicted octanol–water partition coefficient (Wildman–Crippen LogP) is 1.18. The third-order valence-electron chi connectivity index (χ3n) is 4.14. The van der Waals surface area contributed by atoms with Gasteiger partial charge in [-0.1, -0.05) is 33.1 Å². The third-order valence-corrected chi connectivity index (χ3v) is 4.14. The summed E-state index contributed by atoms with van der Waals surface area (Å²) in [5.74, 6) is 0.321. The van der Waals surface area contributed by atoms with E-state index < -0.39 is 18.3 Å². The summed E-state index contributed by atoms with van der Waals surface area (Å²) in [5, 5.41) is 4.33. The van der Waals surface area contributed by atoms with Crippen molar-refractivity contribution in [2.45, 2.75) is 39.5 Å². The molecule has 12 nitrogen and oxygen atoms in total. The molecule has 1 aliphatic rings. The quantitative estimate of drug-likeness (QED) is 0.486. The smallest absolute Gasteiger partial charge is 0.421 e. The number of unbranched alkanes of at least 4 members (excludes halogenated alkanes) is 1. The van der Waals surface area contributed by atoms with Gasteiger partial charge in [0.15, 0.2) is 0 Å². The van der Waals surface area contributed by atoms with E-state index in [9.17, 15) is 14.4 Å². The van der Waals surface area contributed by atoms with Gasteiger partial charge in [0.25, 0.3) is 0 Å². The van der Waals surface area contributed by atoms with Gasteiger partial charge in [-0.3, -0.25) is 16.3 Å². The van der Waals surface area contributed by atoms with Crippen LogP contribution in [0.5, 0.6) is 0 Å². The van der Waals surface area contributed by atoms with E-state index in [0.29, 0.717) is 12.5 Å². The monoisotopic (exact) mass is 404 g/mol. The van der Waals surface area contributed by atoms with E-state index in [1.807, 2.05) is 0 Å². The Kier molecular flexibility index (Phi) is 11.0. The summed E-state index contributed by atoms with van der Waals surface area (Å²) >= 11 is 0. The van der Waals surface area contributed by atoms with Crippen LogP contribution in [0.15, 0.2) is 0 Å². The van der Waals surface area contributed by atoms with Crippen molar-refractivity contribution in [1.29, 1.82) is 0 Å². The van der Waals surface area contributed by atoms with Crippen LogP contribution < -0.4 is 16.3 Å². The molecule has 162 valence electrons. The van der Waals surface area contributed by atoms with Gasteiger partial charge in [-0.15, -0.1) is 0 Å². The first-order valence-electron chi connectivity index (χ1n) is 9.29. The van der Waals surface area contributed by atoms with Crippen molar-refractivity contribution in [3.63, 3.8) is 0 Å². The van der Waals surface area contributed by atoms with Crippen LogP contribution in [-0.2, 0) is 14.2 Å². The number of rotatable bonds is 9. The Morgan fingerprint density at radius 2 is 1.32 bits per heavy atom. The van der Waals surface area contributed by atoms with Crippen LogP contribution in [0.3, 0.4) is 0 Å². The minimum atomic E-state index is -0.677. The second-order valence-electron chi connectivity index (χ2n) is 6.38. The molecule has 0 radical (unpaired) electrons. The van der Waals surface area contributed by atoms with Gasteiger partial charge in [0.05, 0.1) is 40.8 Å². The summed E-state index contributed by atoms with van der Waals surface area (Å²) < 4.78 is 14.4. The first kappa shape index (κ1) is 23.7. The topological polar surface area (TPSA) is 125 Å². The van der Waals surface area contributed by atoms with Gasteiger partial charge in [0.2, 0.25) is 0 Å². The van der Waals surface area contributed by atoms with Crippen molar-refractivity contribution >= 4 is 18.3 Å². The number of carbonyl (C=O) groups excluding carboxylic acids is 3. The number of amides is 3. The van der Waals surface area contributed by atoms with Crippen LogP contribution in [0.4, 0.5) is 14.4 Å². The van der Waals surface area contributed by atoms with Crippen LogP contribution in [-0.4, -0.2) is 74.1 Å². The molecule has 1 saturated heterocycles. The van der Waals surface area contributed by atoms with Crippen molar-refractivity contribution in [1.82, 2.24) is 31.3 Å². The van der Waals surface area contributed by atoms with Crippen LogP contribution in [0.2, 0.25) is 0 Å². The zero-order valence-corrected chi connectivity index (χ0v) is 17.0. The third kappa shape index (κ3) is 9.06. The van der Waals surface area contributed by atoms with Crippen molar-refractivity contribution in [3.8, 4) is 0 Å². The zero-order chi connectivity index (χ0) is 20.9. The molecule has 1 aliphatic heterocycles. The molecule has 12 heteroatoms. The van der Waals surface area contributed by atoms with Crippen molar-refractivity contribution in [2.24, 2.45) is 5.92 Å². The lowest BCUT2D eigenvalue weighted by atomic mass is 10.0. The maximum absolute atomic E-state index is 12.1. The lowest BCUT2D eigenvalue weighted by molar-refractivity contribution is -0.0902. The highest BCUT2D eigenvalue weighted by Crippen LogP contribution is 2.13. The van der Waals surface area contributed by atoms with E-state index in [1.54, 1.807) is 0 Å². The van der Waals surface area contributed by atoms with Gasteiger partial charge in [-0.25, -0.2) is 14.4 Å². The van der Waals surface area contributed by atoms with Crippen molar-refractivity contribution in [2.75, 3.05) is 40.8 Å². The van der Waals surface area contributed by atoms with Crippen LogP contribution >= 0.6 is 0 Å². The largest absolute Gasteiger partial charge is 0.452 e. The molecule has 1 heterocycles. The Hall–Kier alpha value is -2.31. The van der Waals surface area contributed by atoms with E-state index in [1.165, 1.54) is 29.2 Å². The molecule has 1 unspecified atom stereocenters. The molecule has 0 bridgehead atoms. The van der Waals surface area contributed by atoms with Crippen LogP contribution in [0.25, 0.3) is 0 Å². The Balaban J connectivity index is 2.57.